The Morgan fingerprint density at radius 3 is 2.21 bits per heavy atom. The largest absolute Gasteiger partial charge is 0.481 e. The Morgan fingerprint density at radius 2 is 1.57 bits per heavy atom. The summed E-state index contributed by atoms with van der Waals surface area (Å²) in [4.78, 5) is 10.6. The number of carbonyl (C=O) groups is 1. The molecule has 0 heterocycles. The lowest BCUT2D eigenvalue weighted by Gasteiger charge is -2.11. The van der Waals surface area contributed by atoms with Crippen molar-refractivity contribution >= 4 is 5.97 Å². The average Bonchev–Trinajstić information content (AvgIpc) is 2.68. The van der Waals surface area contributed by atoms with Gasteiger partial charge < -0.3 is 9.84 Å². The van der Waals surface area contributed by atoms with Crippen LogP contribution in [0.25, 0.3) is 0 Å². The number of hydrogen-bond donors (Lipinski definition) is 1. The molecule has 1 N–H and O–H groups in total. The Balaban J connectivity index is 2.07. The first kappa shape index (κ1) is 24.2. The van der Waals surface area contributed by atoms with E-state index < -0.39 is 5.97 Å². The van der Waals surface area contributed by atoms with E-state index in [0.29, 0.717) is 13.0 Å². The van der Waals surface area contributed by atoms with E-state index in [1.54, 1.807) is 0 Å². The smallest absolute Gasteiger partial charge is 0.303 e. The molecule has 1 atom stereocenters. The molecular formula is C25H38O3. The Bertz CT molecular complexity index is 580. The minimum absolute atomic E-state index is 0.127. The van der Waals surface area contributed by atoms with Crippen molar-refractivity contribution in [1.82, 2.24) is 0 Å². The van der Waals surface area contributed by atoms with Crippen molar-refractivity contribution in [3.8, 4) is 11.8 Å². The number of hydrogen-bond acceptors (Lipinski definition) is 2. The molecule has 0 saturated carbocycles. The summed E-state index contributed by atoms with van der Waals surface area (Å²) in [6.07, 6.45) is 13.4. The van der Waals surface area contributed by atoms with Gasteiger partial charge in [-0.3, -0.25) is 4.79 Å². The Hall–Kier alpha value is -1.79. The summed E-state index contributed by atoms with van der Waals surface area (Å²) < 4.78 is 5.79. The monoisotopic (exact) mass is 386 g/mol. The van der Waals surface area contributed by atoms with E-state index in [4.69, 9.17) is 9.84 Å². The molecule has 0 radical (unpaired) electrons. The van der Waals surface area contributed by atoms with Crippen LogP contribution in [0.4, 0.5) is 0 Å². The molecule has 0 aliphatic carbocycles. The second-order valence-electron chi connectivity index (χ2n) is 7.61. The van der Waals surface area contributed by atoms with Crippen LogP contribution in [0.2, 0.25) is 0 Å². The zero-order chi connectivity index (χ0) is 20.5. The predicted octanol–water partition coefficient (Wildman–Crippen LogP) is 6.19. The lowest BCUT2D eigenvalue weighted by Crippen LogP contribution is -2.11. The van der Waals surface area contributed by atoms with E-state index in [-0.39, 0.29) is 12.5 Å². The van der Waals surface area contributed by atoms with Gasteiger partial charge in [0.05, 0.1) is 6.10 Å². The lowest BCUT2D eigenvalue weighted by molar-refractivity contribution is -0.136. The highest BCUT2D eigenvalue weighted by Crippen LogP contribution is 2.11. The maximum absolute atomic E-state index is 10.6. The summed E-state index contributed by atoms with van der Waals surface area (Å²) in [6.45, 7) is 4.82. The van der Waals surface area contributed by atoms with Gasteiger partial charge in [-0.1, -0.05) is 82.1 Å². The summed E-state index contributed by atoms with van der Waals surface area (Å²) in [6, 6.07) is 8.14. The number of carboxylic acids is 1. The molecule has 0 aromatic heterocycles. The highest BCUT2D eigenvalue weighted by molar-refractivity contribution is 5.67. The minimum Gasteiger partial charge on any atom is -0.481 e. The van der Waals surface area contributed by atoms with Crippen molar-refractivity contribution in [2.45, 2.75) is 97.0 Å². The van der Waals surface area contributed by atoms with Gasteiger partial charge in [0.25, 0.3) is 0 Å². The van der Waals surface area contributed by atoms with Gasteiger partial charge in [0.15, 0.2) is 0 Å². The first-order valence-corrected chi connectivity index (χ1v) is 11.0. The minimum atomic E-state index is -0.755. The van der Waals surface area contributed by atoms with Crippen molar-refractivity contribution in [1.29, 1.82) is 0 Å². The molecule has 0 spiro atoms. The summed E-state index contributed by atoms with van der Waals surface area (Å²) in [5.74, 6) is 5.60. The molecule has 0 aliphatic rings. The summed E-state index contributed by atoms with van der Waals surface area (Å²) in [7, 11) is 0. The van der Waals surface area contributed by atoms with Crippen LogP contribution in [0.5, 0.6) is 0 Å². The van der Waals surface area contributed by atoms with E-state index in [1.807, 2.05) is 12.1 Å². The van der Waals surface area contributed by atoms with Crippen molar-refractivity contribution in [2.24, 2.45) is 0 Å². The normalized spacial score (nSPS) is 11.6. The average molecular weight is 387 g/mol. The molecule has 3 heteroatoms. The van der Waals surface area contributed by atoms with Crippen LogP contribution in [0.15, 0.2) is 24.3 Å². The number of benzene rings is 1. The fourth-order valence-electron chi connectivity index (χ4n) is 3.15. The number of rotatable bonds is 15. The van der Waals surface area contributed by atoms with Gasteiger partial charge in [0.1, 0.15) is 6.61 Å². The Morgan fingerprint density at radius 1 is 0.964 bits per heavy atom. The molecule has 0 aliphatic heterocycles. The first-order chi connectivity index (χ1) is 13.6. The van der Waals surface area contributed by atoms with Crippen LogP contribution in [0, 0.1) is 11.8 Å². The van der Waals surface area contributed by atoms with Gasteiger partial charge in [-0.15, -0.1) is 5.92 Å². The summed E-state index contributed by atoms with van der Waals surface area (Å²) >= 11 is 0. The highest BCUT2D eigenvalue weighted by Gasteiger charge is 2.04. The summed E-state index contributed by atoms with van der Waals surface area (Å²) in [5, 5.41) is 8.73. The third-order valence-electron chi connectivity index (χ3n) is 4.89. The van der Waals surface area contributed by atoms with Crippen molar-refractivity contribution in [2.75, 3.05) is 6.61 Å². The molecule has 156 valence electrons. The SMILES string of the molecule is CCCCCCCCCCC#CCOC(C)Cc1ccc(CCC(=O)O)cc1. The van der Waals surface area contributed by atoms with Crippen LogP contribution >= 0.6 is 0 Å². The van der Waals surface area contributed by atoms with Gasteiger partial charge in [0.2, 0.25) is 0 Å². The molecule has 0 fully saturated rings. The number of carboxylic acid groups (broad SMARTS) is 1. The second kappa shape index (κ2) is 16.2. The van der Waals surface area contributed by atoms with E-state index in [0.717, 1.165) is 18.4 Å². The zero-order valence-electron chi connectivity index (χ0n) is 17.8. The highest BCUT2D eigenvalue weighted by atomic mass is 16.5. The number of aliphatic carboxylic acids is 1. The summed E-state index contributed by atoms with van der Waals surface area (Å²) in [5.41, 5.74) is 2.27. The first-order valence-electron chi connectivity index (χ1n) is 11.0. The van der Waals surface area contributed by atoms with Crippen LogP contribution < -0.4 is 0 Å². The second-order valence-corrected chi connectivity index (χ2v) is 7.61. The quantitative estimate of drug-likeness (QED) is 0.289. The molecule has 1 aromatic rings. The topological polar surface area (TPSA) is 46.5 Å². The Kier molecular flexibility index (Phi) is 14.0. The van der Waals surface area contributed by atoms with Crippen molar-refractivity contribution < 1.29 is 14.6 Å². The van der Waals surface area contributed by atoms with Crippen LogP contribution in [-0.4, -0.2) is 23.8 Å². The molecular weight excluding hydrogens is 348 g/mol. The standard InChI is InChI=1S/C25H38O3/c1-3-4-5-6-7-8-9-10-11-12-13-20-28-22(2)21-24-16-14-23(15-17-24)18-19-25(26)27/h14-17,22H,3-11,18-21H2,1-2H3,(H,26,27). The third-order valence-corrected chi connectivity index (χ3v) is 4.89. The maximum Gasteiger partial charge on any atom is 0.303 e. The van der Waals surface area contributed by atoms with E-state index in [2.05, 4.69) is 37.8 Å². The number of unbranched alkanes of at least 4 members (excludes halogenated alkanes) is 8. The molecule has 3 nitrogen and oxygen atoms in total. The van der Waals surface area contributed by atoms with Crippen molar-refractivity contribution in [3.05, 3.63) is 35.4 Å². The van der Waals surface area contributed by atoms with Crippen molar-refractivity contribution in [3.63, 3.8) is 0 Å². The molecule has 0 amide bonds. The fraction of sp³-hybridized carbons (Fsp3) is 0.640. The van der Waals surface area contributed by atoms with E-state index >= 15 is 0 Å². The number of aryl methyl sites for hydroxylation is 1. The fourth-order valence-corrected chi connectivity index (χ4v) is 3.15. The lowest BCUT2D eigenvalue weighted by atomic mass is 10.0. The van der Waals surface area contributed by atoms with Gasteiger partial charge >= 0.3 is 5.97 Å². The molecule has 1 unspecified atom stereocenters. The predicted molar refractivity (Wildman–Crippen MR) is 117 cm³/mol. The van der Waals surface area contributed by atoms with Gasteiger partial charge in [-0.25, -0.2) is 0 Å². The van der Waals surface area contributed by atoms with E-state index in [1.165, 1.54) is 56.9 Å². The Labute approximate surface area is 171 Å². The third kappa shape index (κ3) is 13.4. The zero-order valence-corrected chi connectivity index (χ0v) is 17.8. The molecule has 0 bridgehead atoms. The maximum atomic E-state index is 10.6. The van der Waals surface area contributed by atoms with Gasteiger partial charge in [0, 0.05) is 12.8 Å². The molecule has 1 rings (SSSR count). The van der Waals surface area contributed by atoms with Crippen LogP contribution in [0.1, 0.15) is 89.2 Å². The van der Waals surface area contributed by atoms with Gasteiger partial charge in [-0.05, 0) is 37.3 Å². The molecule has 1 aromatic carbocycles. The molecule has 0 saturated heterocycles. The molecule has 28 heavy (non-hydrogen) atoms. The van der Waals surface area contributed by atoms with E-state index in [9.17, 15) is 4.79 Å². The number of ether oxygens (including phenoxy) is 1. The van der Waals surface area contributed by atoms with Crippen LogP contribution in [-0.2, 0) is 22.4 Å². The van der Waals surface area contributed by atoms with Crippen LogP contribution in [0.3, 0.4) is 0 Å². The van der Waals surface area contributed by atoms with Gasteiger partial charge in [-0.2, -0.15) is 0 Å².